The van der Waals surface area contributed by atoms with E-state index >= 15 is 0 Å². The third kappa shape index (κ3) is 2.72. The molecule has 2 nitrogen and oxygen atoms in total. The number of aliphatic hydroxyl groups excluding tert-OH is 1. The minimum Gasteiger partial charge on any atom is -0.493 e. The van der Waals surface area contributed by atoms with Crippen LogP contribution in [0.25, 0.3) is 0 Å². The van der Waals surface area contributed by atoms with Crippen molar-refractivity contribution in [1.82, 2.24) is 0 Å². The van der Waals surface area contributed by atoms with Gasteiger partial charge >= 0.3 is 29.6 Å². The fraction of sp³-hybridized carbons (Fsp3) is 0.625. The van der Waals surface area contributed by atoms with E-state index in [4.69, 9.17) is 4.74 Å². The lowest BCUT2D eigenvalue weighted by Crippen LogP contribution is -2.83. The maximum Gasteiger partial charge on any atom is 0.384 e. The highest BCUT2D eigenvalue weighted by Crippen LogP contribution is 2.70. The topological polar surface area (TPSA) is 29.5 Å². The molecule has 0 aliphatic heterocycles. The zero-order valence-electron chi connectivity index (χ0n) is 14.3. The fourth-order valence-corrected chi connectivity index (χ4v) is 2.96. The van der Waals surface area contributed by atoms with Gasteiger partial charge in [0.25, 0.3) is 5.67 Å². The summed E-state index contributed by atoms with van der Waals surface area (Å²) in [4.78, 5) is 0. The molecule has 0 radical (unpaired) electrons. The first kappa shape index (κ1) is 23.5. The molecular weight excluding hydrogens is 433 g/mol. The molecular formula is C16H13F11O2. The Kier molecular flexibility index (Phi) is 5.35. The van der Waals surface area contributed by atoms with Crippen molar-refractivity contribution in [3.63, 3.8) is 0 Å². The van der Waals surface area contributed by atoms with Gasteiger partial charge in [0, 0.05) is 12.0 Å². The van der Waals surface area contributed by atoms with Crippen LogP contribution in [0.2, 0.25) is 0 Å². The van der Waals surface area contributed by atoms with Gasteiger partial charge in [-0.1, -0.05) is 18.2 Å². The molecule has 166 valence electrons. The van der Waals surface area contributed by atoms with Crippen molar-refractivity contribution in [2.24, 2.45) is 0 Å². The minimum absolute atomic E-state index is 0.126. The van der Waals surface area contributed by atoms with Gasteiger partial charge < -0.3 is 9.84 Å². The van der Waals surface area contributed by atoms with Crippen LogP contribution in [-0.2, 0) is 0 Å². The normalized spacial score (nSPS) is 26.5. The lowest BCUT2D eigenvalue weighted by Gasteiger charge is -2.52. The van der Waals surface area contributed by atoms with Gasteiger partial charge in [0.15, 0.2) is 0 Å². The standard InChI is InChI=1S/C16H13F11O2/c1-2-29-10-6-4-3-5-8(10)9(28)7-11(17)12(18,19)14(22,23)16(26,27)15(24,25)13(11,20)21/h3-6,9,28H,2,7H2,1H3. The van der Waals surface area contributed by atoms with Gasteiger partial charge in [0.2, 0.25) is 0 Å². The largest absolute Gasteiger partial charge is 0.493 e. The Labute approximate surface area is 156 Å². The zero-order chi connectivity index (χ0) is 22.7. The van der Waals surface area contributed by atoms with E-state index in [2.05, 4.69) is 0 Å². The van der Waals surface area contributed by atoms with Crippen LogP contribution in [0.5, 0.6) is 5.75 Å². The number of hydrogen-bond donors (Lipinski definition) is 1. The molecule has 13 heteroatoms. The fourth-order valence-electron chi connectivity index (χ4n) is 2.96. The molecule has 1 aliphatic carbocycles. The maximum atomic E-state index is 14.7. The summed E-state index contributed by atoms with van der Waals surface area (Å²) in [5.41, 5.74) is -6.92. The first-order chi connectivity index (χ1) is 12.9. The highest BCUT2D eigenvalue weighted by molar-refractivity contribution is 5.36. The average Bonchev–Trinajstić information content (AvgIpc) is 2.60. The molecule has 1 aromatic rings. The van der Waals surface area contributed by atoms with E-state index in [1.54, 1.807) is 0 Å². The monoisotopic (exact) mass is 446 g/mol. The van der Waals surface area contributed by atoms with Gasteiger partial charge in [-0.15, -0.1) is 0 Å². The van der Waals surface area contributed by atoms with Crippen LogP contribution in [0.1, 0.15) is 25.0 Å². The van der Waals surface area contributed by atoms with E-state index in [1.807, 2.05) is 0 Å². The van der Waals surface area contributed by atoms with Gasteiger partial charge in [0.1, 0.15) is 5.75 Å². The number of rotatable bonds is 5. The molecule has 1 saturated carbocycles. The van der Waals surface area contributed by atoms with E-state index in [0.717, 1.165) is 18.2 Å². The minimum atomic E-state index is -7.28. The van der Waals surface area contributed by atoms with Gasteiger partial charge in [-0.3, -0.25) is 0 Å². The van der Waals surface area contributed by atoms with Crippen LogP contribution in [0, 0.1) is 0 Å². The van der Waals surface area contributed by atoms with Gasteiger partial charge in [-0.25, -0.2) is 4.39 Å². The molecule has 0 aromatic heterocycles. The smallest absolute Gasteiger partial charge is 0.384 e. The predicted molar refractivity (Wildman–Crippen MR) is 75.8 cm³/mol. The van der Waals surface area contributed by atoms with Crippen LogP contribution in [0.3, 0.4) is 0 Å². The number of para-hydroxylation sites is 1. The molecule has 0 saturated heterocycles. The number of ether oxygens (including phenoxy) is 1. The molecule has 0 spiro atoms. The summed E-state index contributed by atoms with van der Waals surface area (Å²) in [5.74, 6) is -36.0. The van der Waals surface area contributed by atoms with Crippen LogP contribution in [-0.4, -0.2) is 47.0 Å². The molecule has 0 heterocycles. The summed E-state index contributed by atoms with van der Waals surface area (Å²) >= 11 is 0. The quantitative estimate of drug-likeness (QED) is 0.614. The van der Waals surface area contributed by atoms with Crippen molar-refractivity contribution in [2.45, 2.75) is 54.7 Å². The lowest BCUT2D eigenvalue weighted by atomic mass is 9.69. The maximum absolute atomic E-state index is 14.7. The summed E-state index contributed by atoms with van der Waals surface area (Å²) in [6.07, 6.45) is -5.56. The predicted octanol–water partition coefficient (Wildman–Crippen LogP) is 5.41. The summed E-state index contributed by atoms with van der Waals surface area (Å²) in [6.45, 7) is 1.27. The van der Waals surface area contributed by atoms with E-state index in [1.165, 1.54) is 13.0 Å². The van der Waals surface area contributed by atoms with Gasteiger partial charge in [-0.05, 0) is 13.0 Å². The summed E-state index contributed by atoms with van der Waals surface area (Å²) < 4.78 is 156. The number of alkyl halides is 11. The molecule has 1 N–H and O–H groups in total. The highest BCUT2D eigenvalue weighted by Gasteiger charge is 3.00. The first-order valence-corrected chi connectivity index (χ1v) is 7.91. The molecule has 1 atom stereocenters. The summed E-state index contributed by atoms with van der Waals surface area (Å²) in [7, 11) is 0. The Morgan fingerprint density at radius 1 is 0.759 bits per heavy atom. The third-order valence-corrected chi connectivity index (χ3v) is 4.63. The third-order valence-electron chi connectivity index (χ3n) is 4.63. The van der Waals surface area contributed by atoms with Crippen molar-refractivity contribution >= 4 is 0 Å². The van der Waals surface area contributed by atoms with Crippen molar-refractivity contribution in [3.05, 3.63) is 29.8 Å². The van der Waals surface area contributed by atoms with Crippen LogP contribution >= 0.6 is 0 Å². The Balaban J connectivity index is 2.63. The number of halogens is 11. The van der Waals surface area contributed by atoms with Crippen LogP contribution in [0.4, 0.5) is 48.3 Å². The number of hydrogen-bond acceptors (Lipinski definition) is 2. The Morgan fingerprint density at radius 2 is 1.17 bits per heavy atom. The van der Waals surface area contributed by atoms with E-state index in [0.29, 0.717) is 0 Å². The number of aliphatic hydroxyl groups is 1. The Bertz CT molecular complexity index is 733. The van der Waals surface area contributed by atoms with Crippen LogP contribution < -0.4 is 4.74 Å². The molecule has 2 rings (SSSR count). The second kappa shape index (κ2) is 6.61. The first-order valence-electron chi connectivity index (χ1n) is 7.91. The zero-order valence-corrected chi connectivity index (χ0v) is 14.3. The Hall–Kier alpha value is -1.79. The Morgan fingerprint density at radius 3 is 1.62 bits per heavy atom. The molecule has 1 fully saturated rings. The van der Waals surface area contributed by atoms with Gasteiger partial charge in [0.05, 0.1) is 12.7 Å². The van der Waals surface area contributed by atoms with Crippen molar-refractivity contribution in [2.75, 3.05) is 6.61 Å². The van der Waals surface area contributed by atoms with E-state index in [9.17, 15) is 53.4 Å². The average molecular weight is 446 g/mol. The van der Waals surface area contributed by atoms with Crippen molar-refractivity contribution in [3.8, 4) is 5.75 Å². The second-order valence-electron chi connectivity index (χ2n) is 6.36. The summed E-state index contributed by atoms with van der Waals surface area (Å²) in [5, 5.41) is 9.92. The molecule has 1 aliphatic rings. The van der Waals surface area contributed by atoms with Crippen LogP contribution in [0.15, 0.2) is 24.3 Å². The van der Waals surface area contributed by atoms with Crippen molar-refractivity contribution in [1.29, 1.82) is 0 Å². The number of benzene rings is 1. The van der Waals surface area contributed by atoms with E-state index < -0.39 is 53.4 Å². The lowest BCUT2D eigenvalue weighted by molar-refractivity contribution is -0.487. The molecule has 0 bridgehead atoms. The molecule has 1 unspecified atom stereocenters. The van der Waals surface area contributed by atoms with Crippen molar-refractivity contribution < 1.29 is 58.1 Å². The molecule has 0 amide bonds. The SMILES string of the molecule is CCOc1ccccc1C(O)CC1(F)C(F)(F)C(F)(F)C(F)(F)C(F)(F)C1(F)F. The highest BCUT2D eigenvalue weighted by atomic mass is 19.4. The van der Waals surface area contributed by atoms with Gasteiger partial charge in [-0.2, -0.15) is 43.9 Å². The summed E-state index contributed by atoms with van der Waals surface area (Å²) in [6, 6.07) is 4.23. The molecule has 1 aromatic carbocycles. The second-order valence-corrected chi connectivity index (χ2v) is 6.36. The molecule has 29 heavy (non-hydrogen) atoms. The van der Waals surface area contributed by atoms with E-state index in [-0.39, 0.29) is 12.4 Å².